The second-order valence-electron chi connectivity index (χ2n) is 6.16. The van der Waals surface area contributed by atoms with Gasteiger partial charge in [0.25, 0.3) is 0 Å². The lowest BCUT2D eigenvalue weighted by molar-refractivity contribution is -0.134. The van der Waals surface area contributed by atoms with Crippen LogP contribution in [0.4, 0.5) is 0 Å². The summed E-state index contributed by atoms with van der Waals surface area (Å²) in [5.74, 6) is 1.05. The van der Waals surface area contributed by atoms with E-state index in [1.165, 1.54) is 0 Å². The molecule has 5 heteroatoms. The lowest BCUT2D eigenvalue weighted by Gasteiger charge is -2.31. The molecule has 2 amide bonds. The summed E-state index contributed by atoms with van der Waals surface area (Å²) >= 11 is 0. The average molecular weight is 282 g/mol. The predicted octanol–water partition coefficient (Wildman–Crippen LogP) is 0.770. The molecule has 2 aliphatic rings. The Bertz CT molecular complexity index is 351. The van der Waals surface area contributed by atoms with E-state index >= 15 is 0 Å². The number of hydrogen-bond donors (Lipinski definition) is 2. The average Bonchev–Trinajstić information content (AvgIpc) is 2.92. The third-order valence-electron chi connectivity index (χ3n) is 4.90. The van der Waals surface area contributed by atoms with E-state index in [1.54, 1.807) is 6.92 Å². The van der Waals surface area contributed by atoms with Crippen molar-refractivity contribution in [3.63, 3.8) is 0 Å². The van der Waals surface area contributed by atoms with E-state index in [0.717, 1.165) is 32.1 Å². The molecule has 114 valence electrons. The normalized spacial score (nSPS) is 27.6. The number of nitrogens with one attached hydrogen (secondary N) is 1. The molecular weight excluding hydrogens is 256 g/mol. The third-order valence-corrected chi connectivity index (χ3v) is 4.90. The van der Waals surface area contributed by atoms with Crippen LogP contribution in [0.3, 0.4) is 0 Å². The van der Waals surface area contributed by atoms with Crippen LogP contribution >= 0.6 is 0 Å². The number of nitrogens with zero attached hydrogens (tertiary/aromatic N) is 1. The summed E-state index contributed by atoms with van der Waals surface area (Å²) in [6, 6.07) is 0. The standard InChI is InChI=1S/C15H26N2O3/c1-11(19)17-7-5-12(6-8-17)15(20)16-9-13-3-2-4-14(13)10-18/h12-14,18H,2-10H2,1H3,(H,16,20). The molecule has 2 N–H and O–H groups in total. The molecule has 1 aliphatic carbocycles. The van der Waals surface area contributed by atoms with E-state index < -0.39 is 0 Å². The van der Waals surface area contributed by atoms with Crippen LogP contribution in [0.1, 0.15) is 39.0 Å². The highest BCUT2D eigenvalue weighted by atomic mass is 16.3. The molecule has 0 spiro atoms. The number of aliphatic hydroxyl groups is 1. The molecule has 0 aromatic rings. The second-order valence-corrected chi connectivity index (χ2v) is 6.16. The molecule has 2 unspecified atom stereocenters. The van der Waals surface area contributed by atoms with Crippen LogP contribution in [0.15, 0.2) is 0 Å². The summed E-state index contributed by atoms with van der Waals surface area (Å²) in [6.07, 6.45) is 4.87. The van der Waals surface area contributed by atoms with Gasteiger partial charge in [-0.1, -0.05) is 6.42 Å². The van der Waals surface area contributed by atoms with Gasteiger partial charge in [0.15, 0.2) is 0 Å². The summed E-state index contributed by atoms with van der Waals surface area (Å²) in [7, 11) is 0. The molecule has 0 bridgehead atoms. The van der Waals surface area contributed by atoms with Crippen molar-refractivity contribution in [1.82, 2.24) is 10.2 Å². The van der Waals surface area contributed by atoms with Crippen LogP contribution in [0, 0.1) is 17.8 Å². The van der Waals surface area contributed by atoms with Crippen LogP contribution in [-0.2, 0) is 9.59 Å². The first-order chi connectivity index (χ1) is 9.61. The van der Waals surface area contributed by atoms with E-state index in [2.05, 4.69) is 5.32 Å². The minimum absolute atomic E-state index is 0.0413. The highest BCUT2D eigenvalue weighted by molar-refractivity contribution is 5.79. The molecule has 0 radical (unpaired) electrons. The summed E-state index contributed by atoms with van der Waals surface area (Å²) in [4.78, 5) is 25.2. The topological polar surface area (TPSA) is 69.6 Å². The van der Waals surface area contributed by atoms with Crippen LogP contribution in [0.5, 0.6) is 0 Å². The number of carbonyl (C=O) groups is 2. The van der Waals surface area contributed by atoms with Gasteiger partial charge < -0.3 is 15.3 Å². The molecule has 1 aliphatic heterocycles. The van der Waals surface area contributed by atoms with Crippen LogP contribution in [0.25, 0.3) is 0 Å². The lowest BCUT2D eigenvalue weighted by atomic mass is 9.94. The molecule has 0 aromatic carbocycles. The molecule has 1 saturated heterocycles. The predicted molar refractivity (Wildman–Crippen MR) is 75.9 cm³/mol. The molecule has 2 fully saturated rings. The van der Waals surface area contributed by atoms with Crippen LogP contribution in [-0.4, -0.2) is 48.1 Å². The number of hydrogen-bond acceptors (Lipinski definition) is 3. The van der Waals surface area contributed by atoms with Crippen molar-refractivity contribution in [3.05, 3.63) is 0 Å². The minimum atomic E-state index is 0.0413. The van der Waals surface area contributed by atoms with Crippen molar-refractivity contribution in [2.45, 2.75) is 39.0 Å². The van der Waals surface area contributed by atoms with E-state index in [1.807, 2.05) is 4.90 Å². The number of amides is 2. The van der Waals surface area contributed by atoms with Crippen molar-refractivity contribution in [3.8, 4) is 0 Å². The fourth-order valence-electron chi connectivity index (χ4n) is 3.46. The maximum atomic E-state index is 12.1. The van der Waals surface area contributed by atoms with E-state index in [4.69, 9.17) is 0 Å². The Kier molecular flexibility index (Phi) is 5.40. The summed E-state index contributed by atoms with van der Waals surface area (Å²) in [5, 5.41) is 12.3. The zero-order valence-electron chi connectivity index (χ0n) is 12.3. The maximum absolute atomic E-state index is 12.1. The molecule has 20 heavy (non-hydrogen) atoms. The zero-order chi connectivity index (χ0) is 14.5. The Morgan fingerprint density at radius 3 is 2.40 bits per heavy atom. The fraction of sp³-hybridized carbons (Fsp3) is 0.867. The van der Waals surface area contributed by atoms with Gasteiger partial charge in [-0.2, -0.15) is 0 Å². The third kappa shape index (κ3) is 3.72. The monoisotopic (exact) mass is 282 g/mol. The Morgan fingerprint density at radius 1 is 1.15 bits per heavy atom. The van der Waals surface area contributed by atoms with Gasteiger partial charge in [0.1, 0.15) is 0 Å². The highest BCUT2D eigenvalue weighted by Crippen LogP contribution is 2.30. The van der Waals surface area contributed by atoms with E-state index in [-0.39, 0.29) is 24.3 Å². The largest absolute Gasteiger partial charge is 0.396 e. The lowest BCUT2D eigenvalue weighted by Crippen LogP contribution is -2.43. The van der Waals surface area contributed by atoms with Crippen LogP contribution < -0.4 is 5.32 Å². The molecule has 2 rings (SSSR count). The quantitative estimate of drug-likeness (QED) is 0.800. The van der Waals surface area contributed by atoms with Gasteiger partial charge in [-0.05, 0) is 37.5 Å². The van der Waals surface area contributed by atoms with E-state index in [0.29, 0.717) is 31.5 Å². The molecule has 0 aromatic heterocycles. The second kappa shape index (κ2) is 7.07. The first-order valence-corrected chi connectivity index (χ1v) is 7.76. The molecule has 1 saturated carbocycles. The summed E-state index contributed by atoms with van der Waals surface area (Å²) in [5.41, 5.74) is 0. The van der Waals surface area contributed by atoms with Crippen molar-refractivity contribution >= 4 is 11.8 Å². The minimum Gasteiger partial charge on any atom is -0.396 e. The fourth-order valence-corrected chi connectivity index (χ4v) is 3.46. The van der Waals surface area contributed by atoms with Gasteiger partial charge in [0.05, 0.1) is 0 Å². The number of carbonyl (C=O) groups excluding carboxylic acids is 2. The molecule has 5 nitrogen and oxygen atoms in total. The van der Waals surface area contributed by atoms with Crippen LogP contribution in [0.2, 0.25) is 0 Å². The SMILES string of the molecule is CC(=O)N1CCC(C(=O)NCC2CCCC2CO)CC1. The Labute approximate surface area is 120 Å². The Morgan fingerprint density at radius 2 is 1.80 bits per heavy atom. The zero-order valence-corrected chi connectivity index (χ0v) is 12.3. The molecule has 2 atom stereocenters. The van der Waals surface area contributed by atoms with E-state index in [9.17, 15) is 14.7 Å². The molecular formula is C15H26N2O3. The summed E-state index contributed by atoms with van der Waals surface area (Å²) < 4.78 is 0. The van der Waals surface area contributed by atoms with Crippen molar-refractivity contribution in [2.75, 3.05) is 26.2 Å². The van der Waals surface area contributed by atoms with Crippen molar-refractivity contribution < 1.29 is 14.7 Å². The summed E-state index contributed by atoms with van der Waals surface area (Å²) in [6.45, 7) is 3.89. The van der Waals surface area contributed by atoms with Crippen molar-refractivity contribution in [1.29, 1.82) is 0 Å². The van der Waals surface area contributed by atoms with Gasteiger partial charge in [-0.15, -0.1) is 0 Å². The van der Waals surface area contributed by atoms with Gasteiger partial charge in [-0.3, -0.25) is 9.59 Å². The maximum Gasteiger partial charge on any atom is 0.223 e. The van der Waals surface area contributed by atoms with Gasteiger partial charge in [0, 0.05) is 39.1 Å². The highest BCUT2D eigenvalue weighted by Gasteiger charge is 2.29. The van der Waals surface area contributed by atoms with Gasteiger partial charge >= 0.3 is 0 Å². The smallest absolute Gasteiger partial charge is 0.223 e. The number of piperidine rings is 1. The number of aliphatic hydroxyl groups excluding tert-OH is 1. The van der Waals surface area contributed by atoms with Crippen molar-refractivity contribution in [2.24, 2.45) is 17.8 Å². The molecule has 1 heterocycles. The number of rotatable bonds is 4. The Balaban J connectivity index is 1.72. The Hall–Kier alpha value is -1.10. The first kappa shape index (κ1) is 15.3. The number of likely N-dealkylation sites (tertiary alicyclic amines) is 1. The first-order valence-electron chi connectivity index (χ1n) is 7.76. The van der Waals surface area contributed by atoms with Gasteiger partial charge in [0.2, 0.25) is 11.8 Å². The van der Waals surface area contributed by atoms with Gasteiger partial charge in [-0.25, -0.2) is 0 Å².